The van der Waals surface area contributed by atoms with Crippen LogP contribution in [0, 0.1) is 0 Å². The minimum atomic E-state index is -0.635. The molecule has 108 valence electrons. The molecule has 0 radical (unpaired) electrons. The number of rotatable bonds is 6. The molecule has 1 unspecified atom stereocenters. The number of thiocarbonyl (C=S) groups is 1. The van der Waals surface area contributed by atoms with E-state index in [-0.39, 0.29) is 5.91 Å². The molecule has 1 aromatic rings. The average Bonchev–Trinajstić information content (AvgIpc) is 2.75. The largest absolute Gasteiger partial charge is 0.350 e. The van der Waals surface area contributed by atoms with Crippen molar-refractivity contribution in [1.29, 1.82) is 0 Å². The summed E-state index contributed by atoms with van der Waals surface area (Å²) >= 11 is 5.25. The summed E-state index contributed by atoms with van der Waals surface area (Å²) in [6.07, 6.45) is -0.635. The van der Waals surface area contributed by atoms with E-state index in [4.69, 9.17) is 21.7 Å². The Morgan fingerprint density at radius 1 is 1.25 bits per heavy atom. The third-order valence-electron chi connectivity index (χ3n) is 2.92. The number of nitrogens with zero attached hydrogens (tertiary/aromatic N) is 1. The zero-order chi connectivity index (χ0) is 14.5. The van der Waals surface area contributed by atoms with Crippen LogP contribution < -0.4 is 10.2 Å². The number of ether oxygens (including phenoxy) is 2. The first-order chi connectivity index (χ1) is 9.69. The van der Waals surface area contributed by atoms with Gasteiger partial charge in [-0.2, -0.15) is 0 Å². The average molecular weight is 294 g/mol. The van der Waals surface area contributed by atoms with E-state index in [1.54, 1.807) is 0 Å². The molecule has 1 aliphatic rings. The molecule has 1 atom stereocenters. The summed E-state index contributed by atoms with van der Waals surface area (Å²) in [6, 6.07) is 8.68. The number of carbonyl (C=O) groups is 1. The van der Waals surface area contributed by atoms with Gasteiger partial charge in [0.25, 0.3) is 5.91 Å². The molecule has 0 spiro atoms. The third-order valence-corrected chi connectivity index (χ3v) is 3.22. The van der Waals surface area contributed by atoms with Crippen molar-refractivity contribution in [2.24, 2.45) is 0 Å². The number of nitrogens with one attached hydrogen (secondary N) is 1. The molecular weight excluding hydrogens is 276 g/mol. The van der Waals surface area contributed by atoms with Crippen molar-refractivity contribution in [2.45, 2.75) is 26.2 Å². The molecule has 1 aromatic carbocycles. The van der Waals surface area contributed by atoms with Crippen molar-refractivity contribution in [3.63, 3.8) is 0 Å². The van der Waals surface area contributed by atoms with Crippen LogP contribution in [0.15, 0.2) is 30.3 Å². The first-order valence-corrected chi connectivity index (χ1v) is 7.02. The Hall–Kier alpha value is -1.50. The molecule has 0 saturated carbocycles. The first-order valence-electron chi connectivity index (χ1n) is 6.61. The Bertz CT molecular complexity index is 475. The van der Waals surface area contributed by atoms with Crippen molar-refractivity contribution in [3.05, 3.63) is 30.3 Å². The van der Waals surface area contributed by atoms with Crippen LogP contribution in [0.4, 0.5) is 5.69 Å². The quantitative estimate of drug-likeness (QED) is 0.639. The van der Waals surface area contributed by atoms with E-state index in [9.17, 15) is 4.79 Å². The maximum absolute atomic E-state index is 12.5. The topological polar surface area (TPSA) is 50.8 Å². The maximum atomic E-state index is 12.5. The van der Waals surface area contributed by atoms with Gasteiger partial charge >= 0.3 is 0 Å². The molecule has 0 aliphatic carbocycles. The molecule has 1 N–H and O–H groups in total. The number of hydrogen-bond acceptors (Lipinski definition) is 4. The zero-order valence-electron chi connectivity index (χ0n) is 11.5. The Balaban J connectivity index is 2.19. The standard InChI is InChI=1S/C14H18N2O3S/c1-3-18-13(19-4-2)11-12(17)16(14(20)15-11)10-8-6-5-7-9-10/h5-9,11,13H,3-4H2,1-2H3,(H,15,20). The van der Waals surface area contributed by atoms with Crippen LogP contribution in [0.5, 0.6) is 0 Å². The molecule has 0 bridgehead atoms. The van der Waals surface area contributed by atoms with Gasteiger partial charge in [0.1, 0.15) is 0 Å². The van der Waals surface area contributed by atoms with E-state index >= 15 is 0 Å². The molecule has 1 fully saturated rings. The van der Waals surface area contributed by atoms with Gasteiger partial charge in [-0.15, -0.1) is 0 Å². The number of para-hydroxylation sites is 1. The predicted octanol–water partition coefficient (Wildman–Crippen LogP) is 1.68. The zero-order valence-corrected chi connectivity index (χ0v) is 12.4. The second kappa shape index (κ2) is 6.78. The summed E-state index contributed by atoms with van der Waals surface area (Å²) in [4.78, 5) is 14.0. The highest BCUT2D eigenvalue weighted by molar-refractivity contribution is 7.80. The summed E-state index contributed by atoms with van der Waals surface area (Å²) in [6.45, 7) is 4.65. The first kappa shape index (κ1) is 14.9. The molecule has 1 saturated heterocycles. The normalized spacial score (nSPS) is 18.8. The second-order valence-electron chi connectivity index (χ2n) is 4.22. The van der Waals surface area contributed by atoms with Crippen LogP contribution >= 0.6 is 12.2 Å². The fraction of sp³-hybridized carbons (Fsp3) is 0.429. The third kappa shape index (κ3) is 2.98. The van der Waals surface area contributed by atoms with Gasteiger partial charge in [0, 0.05) is 13.2 Å². The van der Waals surface area contributed by atoms with Gasteiger partial charge in [0.05, 0.1) is 5.69 Å². The van der Waals surface area contributed by atoms with Crippen LogP contribution in [0.2, 0.25) is 0 Å². The second-order valence-corrected chi connectivity index (χ2v) is 4.60. The summed E-state index contributed by atoms with van der Waals surface area (Å²) in [5.74, 6) is -0.159. The minimum absolute atomic E-state index is 0.159. The molecule has 5 nitrogen and oxygen atoms in total. The Morgan fingerprint density at radius 3 is 2.40 bits per heavy atom. The summed E-state index contributed by atoms with van der Waals surface area (Å²) in [5, 5.41) is 3.35. The highest BCUT2D eigenvalue weighted by atomic mass is 32.1. The molecular formula is C14H18N2O3S. The monoisotopic (exact) mass is 294 g/mol. The number of hydrogen-bond donors (Lipinski definition) is 1. The van der Waals surface area contributed by atoms with Gasteiger partial charge in [-0.25, -0.2) is 0 Å². The van der Waals surface area contributed by atoms with E-state index in [2.05, 4.69) is 5.32 Å². The Morgan fingerprint density at radius 2 is 1.85 bits per heavy atom. The van der Waals surface area contributed by atoms with Gasteiger partial charge in [0.15, 0.2) is 17.4 Å². The van der Waals surface area contributed by atoms with Gasteiger partial charge in [-0.05, 0) is 38.2 Å². The van der Waals surface area contributed by atoms with Crippen molar-refractivity contribution in [1.82, 2.24) is 5.32 Å². The molecule has 2 rings (SSSR count). The lowest BCUT2D eigenvalue weighted by atomic mass is 10.2. The summed E-state index contributed by atoms with van der Waals surface area (Å²) in [5.41, 5.74) is 0.740. The lowest BCUT2D eigenvalue weighted by molar-refractivity contribution is -0.159. The van der Waals surface area contributed by atoms with E-state index in [1.807, 2.05) is 44.2 Å². The highest BCUT2D eigenvalue weighted by Gasteiger charge is 2.42. The van der Waals surface area contributed by atoms with E-state index in [1.165, 1.54) is 4.90 Å². The van der Waals surface area contributed by atoms with Gasteiger partial charge in [-0.1, -0.05) is 18.2 Å². The van der Waals surface area contributed by atoms with Gasteiger partial charge < -0.3 is 14.8 Å². The fourth-order valence-electron chi connectivity index (χ4n) is 2.07. The van der Waals surface area contributed by atoms with Crippen molar-refractivity contribution in [2.75, 3.05) is 18.1 Å². The molecule has 1 aliphatic heterocycles. The predicted molar refractivity (Wildman–Crippen MR) is 80.5 cm³/mol. The molecule has 1 heterocycles. The lowest BCUT2D eigenvalue weighted by Gasteiger charge is -2.21. The van der Waals surface area contributed by atoms with E-state index in [0.717, 1.165) is 5.69 Å². The minimum Gasteiger partial charge on any atom is -0.350 e. The molecule has 0 aromatic heterocycles. The number of amides is 1. The lowest BCUT2D eigenvalue weighted by Crippen LogP contribution is -2.44. The fourth-order valence-corrected chi connectivity index (χ4v) is 2.40. The van der Waals surface area contributed by atoms with Crippen molar-refractivity contribution >= 4 is 28.9 Å². The van der Waals surface area contributed by atoms with E-state index < -0.39 is 12.3 Å². The Labute approximate surface area is 123 Å². The molecule has 1 amide bonds. The number of anilines is 1. The SMILES string of the molecule is CCOC(OCC)C1NC(=S)N(c2ccccc2)C1=O. The molecule has 20 heavy (non-hydrogen) atoms. The van der Waals surface area contributed by atoms with E-state index in [0.29, 0.717) is 18.3 Å². The van der Waals surface area contributed by atoms with Gasteiger partial charge in [0.2, 0.25) is 0 Å². The number of carbonyl (C=O) groups excluding carboxylic acids is 1. The van der Waals surface area contributed by atoms with Crippen LogP contribution in [0.1, 0.15) is 13.8 Å². The summed E-state index contributed by atoms with van der Waals surface area (Å²) < 4.78 is 11.0. The Kier molecular flexibility index (Phi) is 5.05. The van der Waals surface area contributed by atoms with Crippen LogP contribution in [-0.2, 0) is 14.3 Å². The van der Waals surface area contributed by atoms with Crippen molar-refractivity contribution in [3.8, 4) is 0 Å². The maximum Gasteiger partial charge on any atom is 0.261 e. The van der Waals surface area contributed by atoms with Crippen LogP contribution in [-0.4, -0.2) is 36.6 Å². The molecule has 6 heteroatoms. The summed E-state index contributed by atoms with van der Waals surface area (Å²) in [7, 11) is 0. The number of benzene rings is 1. The van der Waals surface area contributed by atoms with Crippen LogP contribution in [0.25, 0.3) is 0 Å². The highest BCUT2D eigenvalue weighted by Crippen LogP contribution is 2.21. The van der Waals surface area contributed by atoms with Crippen LogP contribution in [0.3, 0.4) is 0 Å². The smallest absolute Gasteiger partial charge is 0.261 e. The van der Waals surface area contributed by atoms with Crippen molar-refractivity contribution < 1.29 is 14.3 Å². The van der Waals surface area contributed by atoms with Gasteiger partial charge in [-0.3, -0.25) is 9.69 Å².